The number of Topliss-reactive ketones (excluding diaryl/α,β-unsaturated/α-hetero) is 1. The fourth-order valence-corrected chi connectivity index (χ4v) is 2.20. The predicted octanol–water partition coefficient (Wildman–Crippen LogP) is 2.03. The maximum absolute atomic E-state index is 13.0. The standard InChI is InChI=1S/C14H14FNO5/c1-2-20-14-13(12(17)8-21-14)11(7-16(18)19)9-3-5-10(15)6-4-9/h3-6,11H,2,7-8H2,1H3/t11-/m1/s1. The molecule has 0 amide bonds. The average molecular weight is 295 g/mol. The molecule has 1 aromatic carbocycles. The third-order valence-corrected chi connectivity index (χ3v) is 3.08. The summed E-state index contributed by atoms with van der Waals surface area (Å²) in [7, 11) is 0. The van der Waals surface area contributed by atoms with Crippen LogP contribution in [0.3, 0.4) is 0 Å². The van der Waals surface area contributed by atoms with E-state index in [1.54, 1.807) is 6.92 Å². The van der Waals surface area contributed by atoms with E-state index in [4.69, 9.17) is 9.47 Å². The Kier molecular flexibility index (Phi) is 4.52. The molecule has 1 aromatic rings. The summed E-state index contributed by atoms with van der Waals surface area (Å²) in [6.07, 6.45) is 0. The fourth-order valence-electron chi connectivity index (χ4n) is 2.20. The smallest absolute Gasteiger partial charge is 0.287 e. The van der Waals surface area contributed by atoms with Crippen molar-refractivity contribution in [3.8, 4) is 0 Å². The highest BCUT2D eigenvalue weighted by Gasteiger charge is 2.36. The highest BCUT2D eigenvalue weighted by atomic mass is 19.1. The summed E-state index contributed by atoms with van der Waals surface area (Å²) >= 11 is 0. The van der Waals surface area contributed by atoms with Crippen LogP contribution in [0.4, 0.5) is 4.39 Å². The molecule has 7 heteroatoms. The number of rotatable bonds is 6. The van der Waals surface area contributed by atoms with Crippen molar-refractivity contribution in [3.05, 3.63) is 57.3 Å². The van der Waals surface area contributed by atoms with Crippen LogP contribution in [0.2, 0.25) is 0 Å². The third-order valence-electron chi connectivity index (χ3n) is 3.08. The lowest BCUT2D eigenvalue weighted by Gasteiger charge is -2.14. The SMILES string of the molecule is CCOC1=C([C@H](C[N+](=O)[O-])c2ccc(F)cc2)C(=O)CO1. The molecule has 1 aliphatic heterocycles. The molecule has 0 fully saturated rings. The van der Waals surface area contributed by atoms with Gasteiger partial charge in [-0.2, -0.15) is 0 Å². The van der Waals surface area contributed by atoms with Crippen molar-refractivity contribution in [1.82, 2.24) is 0 Å². The van der Waals surface area contributed by atoms with Crippen LogP contribution in [0, 0.1) is 15.9 Å². The minimum Gasteiger partial charge on any atom is -0.465 e. The Hall–Kier alpha value is -2.44. The molecule has 0 aromatic heterocycles. The summed E-state index contributed by atoms with van der Waals surface area (Å²) < 4.78 is 23.4. The predicted molar refractivity (Wildman–Crippen MR) is 70.6 cm³/mol. The Morgan fingerprint density at radius 2 is 2.10 bits per heavy atom. The summed E-state index contributed by atoms with van der Waals surface area (Å²) in [5, 5.41) is 10.9. The van der Waals surface area contributed by atoms with Crippen molar-refractivity contribution >= 4 is 5.78 Å². The Morgan fingerprint density at radius 3 is 2.67 bits per heavy atom. The number of ether oxygens (including phenoxy) is 2. The van der Waals surface area contributed by atoms with Crippen LogP contribution in [0.15, 0.2) is 35.8 Å². The molecule has 0 saturated heterocycles. The van der Waals surface area contributed by atoms with E-state index in [1.165, 1.54) is 24.3 Å². The van der Waals surface area contributed by atoms with E-state index in [0.29, 0.717) is 5.56 Å². The van der Waals surface area contributed by atoms with Gasteiger partial charge in [0.15, 0.2) is 6.61 Å². The number of hydrogen-bond donors (Lipinski definition) is 0. The second kappa shape index (κ2) is 6.34. The van der Waals surface area contributed by atoms with E-state index in [9.17, 15) is 19.3 Å². The first-order chi connectivity index (χ1) is 10.0. The Balaban J connectivity index is 2.43. The average Bonchev–Trinajstić information content (AvgIpc) is 2.79. The number of halogens is 1. The lowest BCUT2D eigenvalue weighted by Crippen LogP contribution is -2.19. The van der Waals surface area contributed by atoms with Gasteiger partial charge in [-0.05, 0) is 24.6 Å². The first kappa shape index (κ1) is 15.0. The maximum Gasteiger partial charge on any atom is 0.287 e. The molecule has 2 rings (SSSR count). The van der Waals surface area contributed by atoms with Gasteiger partial charge >= 0.3 is 0 Å². The van der Waals surface area contributed by atoms with Crippen molar-refractivity contribution in [2.24, 2.45) is 0 Å². The topological polar surface area (TPSA) is 78.7 Å². The lowest BCUT2D eigenvalue weighted by atomic mass is 9.89. The summed E-state index contributed by atoms with van der Waals surface area (Å²) in [5.41, 5.74) is 0.610. The molecule has 1 aliphatic rings. The van der Waals surface area contributed by atoms with Crippen molar-refractivity contribution in [1.29, 1.82) is 0 Å². The zero-order valence-electron chi connectivity index (χ0n) is 11.4. The normalized spacial score (nSPS) is 15.8. The van der Waals surface area contributed by atoms with Gasteiger partial charge in [-0.25, -0.2) is 4.39 Å². The molecule has 0 aliphatic carbocycles. The lowest BCUT2D eigenvalue weighted by molar-refractivity contribution is -0.481. The minimum absolute atomic E-state index is 0.0266. The largest absolute Gasteiger partial charge is 0.465 e. The summed E-state index contributed by atoms with van der Waals surface area (Å²) in [4.78, 5) is 22.3. The van der Waals surface area contributed by atoms with Crippen LogP contribution < -0.4 is 0 Å². The number of carbonyl (C=O) groups excluding carboxylic acids is 1. The molecule has 21 heavy (non-hydrogen) atoms. The molecule has 112 valence electrons. The molecule has 0 unspecified atom stereocenters. The van der Waals surface area contributed by atoms with Gasteiger partial charge in [0.25, 0.3) is 5.95 Å². The second-order valence-electron chi connectivity index (χ2n) is 4.47. The van der Waals surface area contributed by atoms with E-state index >= 15 is 0 Å². The van der Waals surface area contributed by atoms with Crippen LogP contribution in [0.1, 0.15) is 18.4 Å². The number of ketones is 1. The van der Waals surface area contributed by atoms with Gasteiger partial charge in [0, 0.05) is 4.92 Å². The van der Waals surface area contributed by atoms with Gasteiger partial charge in [-0.15, -0.1) is 0 Å². The summed E-state index contributed by atoms with van der Waals surface area (Å²) in [6.45, 7) is 1.31. The molecule has 6 nitrogen and oxygen atoms in total. The van der Waals surface area contributed by atoms with Crippen molar-refractivity contribution in [3.63, 3.8) is 0 Å². The van der Waals surface area contributed by atoms with Crippen LogP contribution in [-0.4, -0.2) is 30.5 Å². The minimum atomic E-state index is -0.822. The molecular weight excluding hydrogens is 281 g/mol. The van der Waals surface area contributed by atoms with Crippen molar-refractivity contribution in [2.75, 3.05) is 19.8 Å². The first-order valence-corrected chi connectivity index (χ1v) is 6.43. The summed E-state index contributed by atoms with van der Waals surface area (Å²) in [5.74, 6) is -1.60. The van der Waals surface area contributed by atoms with E-state index in [2.05, 4.69) is 0 Å². The first-order valence-electron chi connectivity index (χ1n) is 6.43. The molecule has 0 N–H and O–H groups in total. The number of benzene rings is 1. The zero-order valence-corrected chi connectivity index (χ0v) is 11.4. The number of hydrogen-bond acceptors (Lipinski definition) is 5. The Bertz CT molecular complexity index is 582. The Morgan fingerprint density at radius 1 is 1.43 bits per heavy atom. The molecule has 0 spiro atoms. The van der Waals surface area contributed by atoms with Gasteiger partial charge in [0.1, 0.15) is 5.82 Å². The molecule has 0 bridgehead atoms. The molecule has 0 radical (unpaired) electrons. The van der Waals surface area contributed by atoms with Crippen molar-refractivity contribution < 1.29 is 23.6 Å². The van der Waals surface area contributed by atoms with Crippen molar-refractivity contribution in [2.45, 2.75) is 12.8 Å². The number of nitro groups is 1. The van der Waals surface area contributed by atoms with E-state index < -0.39 is 23.2 Å². The maximum atomic E-state index is 13.0. The second-order valence-corrected chi connectivity index (χ2v) is 4.47. The van der Waals surface area contributed by atoms with Crippen LogP contribution in [-0.2, 0) is 14.3 Å². The highest BCUT2D eigenvalue weighted by Crippen LogP contribution is 2.32. The molecule has 1 heterocycles. The molecular formula is C14H14FNO5. The van der Waals surface area contributed by atoms with Gasteiger partial charge in [0.2, 0.25) is 12.3 Å². The number of carbonyl (C=O) groups is 1. The van der Waals surface area contributed by atoms with Crippen LogP contribution in [0.25, 0.3) is 0 Å². The van der Waals surface area contributed by atoms with Gasteiger partial charge in [0.05, 0.1) is 18.1 Å². The fraction of sp³-hybridized carbons (Fsp3) is 0.357. The zero-order chi connectivity index (χ0) is 15.4. The highest BCUT2D eigenvalue weighted by molar-refractivity contribution is 5.99. The van der Waals surface area contributed by atoms with Gasteiger partial charge < -0.3 is 9.47 Å². The molecule has 0 saturated carbocycles. The van der Waals surface area contributed by atoms with Gasteiger partial charge in [-0.1, -0.05) is 12.1 Å². The molecule has 1 atom stereocenters. The van der Waals surface area contributed by atoms with E-state index in [0.717, 1.165) is 0 Å². The number of nitrogens with zero attached hydrogens (tertiary/aromatic N) is 1. The van der Waals surface area contributed by atoms with Crippen LogP contribution in [0.5, 0.6) is 0 Å². The Labute approximate surface area is 120 Å². The van der Waals surface area contributed by atoms with E-state index in [1.807, 2.05) is 0 Å². The van der Waals surface area contributed by atoms with Gasteiger partial charge in [-0.3, -0.25) is 14.9 Å². The van der Waals surface area contributed by atoms with Crippen LogP contribution >= 0.6 is 0 Å². The summed E-state index contributed by atoms with van der Waals surface area (Å²) in [6, 6.07) is 5.24. The third kappa shape index (κ3) is 3.36. The van der Waals surface area contributed by atoms with E-state index in [-0.39, 0.29) is 30.5 Å². The quantitative estimate of drug-likeness (QED) is 0.592. The monoisotopic (exact) mass is 295 g/mol.